The van der Waals surface area contributed by atoms with Gasteiger partial charge >= 0.3 is 5.97 Å². The zero-order valence-electron chi connectivity index (χ0n) is 29.3. The number of ether oxygens (including phenoxy) is 3. The Hall–Kier alpha value is -4.81. The number of nitrogens with two attached hydrogens (primary N) is 1. The molecule has 1 aliphatic rings. The number of nitrogens with zero attached hydrogens (tertiary/aromatic N) is 1. The van der Waals surface area contributed by atoms with Gasteiger partial charge in [-0.3, -0.25) is 9.79 Å². The average molecular weight is 748 g/mol. The summed E-state index contributed by atoms with van der Waals surface area (Å²) in [6.45, 7) is 6.57. The summed E-state index contributed by atoms with van der Waals surface area (Å²) in [6, 6.07) is 19.2. The number of para-hydroxylation sites is 1. The number of aliphatic imine (C=N–C) groups is 1. The maximum atomic E-state index is 15.0. The lowest BCUT2D eigenvalue weighted by Gasteiger charge is -2.37. The molecule has 7 nitrogen and oxygen atoms in total. The predicted molar refractivity (Wildman–Crippen MR) is 204 cm³/mol. The number of aromatic amines is 1. The minimum absolute atomic E-state index is 0.0433. The van der Waals surface area contributed by atoms with Gasteiger partial charge in [-0.25, -0.2) is 8.78 Å². The molecule has 5 aromatic rings. The molecule has 1 atom stereocenters. The maximum absolute atomic E-state index is 15.0. The first-order chi connectivity index (χ1) is 25.0. The number of thioether (sulfide) groups is 1. The molecule has 3 N–H and O–H groups in total. The van der Waals surface area contributed by atoms with Crippen LogP contribution in [0.1, 0.15) is 43.4 Å². The van der Waals surface area contributed by atoms with Crippen LogP contribution in [0, 0.1) is 24.4 Å². The largest absolute Gasteiger partial charge is 0.493 e. The maximum Gasteiger partial charge on any atom is 0.306 e. The number of rotatable bonds is 10. The highest BCUT2D eigenvalue weighted by atomic mass is 32.2. The van der Waals surface area contributed by atoms with Gasteiger partial charge in [-0.05, 0) is 81.8 Å². The van der Waals surface area contributed by atoms with Gasteiger partial charge in [-0.2, -0.15) is 4.39 Å². The number of hydrogen-bond acceptors (Lipinski definition) is 8. The molecule has 52 heavy (non-hydrogen) atoms. The molecule has 0 spiro atoms. The molecule has 12 heteroatoms. The van der Waals surface area contributed by atoms with Crippen LogP contribution in [0.4, 0.5) is 18.9 Å². The second kappa shape index (κ2) is 17.1. The molecule has 2 heterocycles. The average Bonchev–Trinajstić information content (AvgIpc) is 3.63. The Kier molecular flexibility index (Phi) is 12.7. The molecule has 0 aliphatic carbocycles. The quantitative estimate of drug-likeness (QED) is 0.0570. The van der Waals surface area contributed by atoms with Crippen molar-refractivity contribution in [1.29, 1.82) is 0 Å². The fourth-order valence-electron chi connectivity index (χ4n) is 5.81. The van der Waals surface area contributed by atoms with Crippen molar-refractivity contribution >= 4 is 53.2 Å². The van der Waals surface area contributed by atoms with Gasteiger partial charge in [-0.1, -0.05) is 35.9 Å². The molecule has 4 aromatic carbocycles. The number of aromatic nitrogens is 1. The summed E-state index contributed by atoms with van der Waals surface area (Å²) >= 11 is 5.34. The predicted octanol–water partition coefficient (Wildman–Crippen LogP) is 10.2. The summed E-state index contributed by atoms with van der Waals surface area (Å²) in [7, 11) is 0. The summed E-state index contributed by atoms with van der Waals surface area (Å²) in [5.74, 6) is -2.63. The summed E-state index contributed by atoms with van der Waals surface area (Å²) < 4.78 is 61.2. The highest BCUT2D eigenvalue weighted by molar-refractivity contribution is 7.99. The fourth-order valence-corrected chi connectivity index (χ4v) is 6.67. The third-order valence-corrected chi connectivity index (χ3v) is 9.84. The Balaban J connectivity index is 0.000000577. The number of halogens is 3. The van der Waals surface area contributed by atoms with Crippen LogP contribution in [-0.2, 0) is 21.4 Å². The molecule has 0 radical (unpaired) electrons. The van der Waals surface area contributed by atoms with Crippen molar-refractivity contribution in [2.24, 2.45) is 10.7 Å². The summed E-state index contributed by atoms with van der Waals surface area (Å²) in [5, 5.41) is 0.474. The van der Waals surface area contributed by atoms with Crippen LogP contribution in [0.2, 0.25) is 0 Å². The molecule has 1 unspecified atom stereocenters. The van der Waals surface area contributed by atoms with E-state index in [4.69, 9.17) is 19.9 Å². The molecule has 0 saturated carbocycles. The molecule has 0 saturated heterocycles. The first-order valence-corrected chi connectivity index (χ1v) is 18.3. The van der Waals surface area contributed by atoms with Crippen molar-refractivity contribution in [2.75, 3.05) is 19.5 Å². The standard InChI is InChI=1S/C33H32F3N3O4S.C7H8S/c1-4-41-26(40)11-8-19-6-5-7-22-30(19)42-17-14-33(22,2)25(37)13-16-38-24-18-20(9-10-23(24)34)43-31-28(36)27(35)29-21(12-15-39-29)32(31)44-3;1-6-2-4-7(8)5-3-6/h5-7,9-10,12-13,15-16,18,39H,4,8,11,14,17,37H2,1-3H3;2-5,8H,1H3/b25-13-,38-16?;. The molecule has 272 valence electrons. The lowest BCUT2D eigenvalue weighted by molar-refractivity contribution is -0.143. The second-order valence-corrected chi connectivity index (χ2v) is 13.6. The first kappa shape index (κ1) is 38.4. The Bertz CT molecular complexity index is 2100. The van der Waals surface area contributed by atoms with Crippen molar-refractivity contribution < 1.29 is 32.2 Å². The number of allylic oxidation sites excluding steroid dienone is 2. The lowest BCUT2D eigenvalue weighted by Crippen LogP contribution is -2.35. The second-order valence-electron chi connectivity index (χ2n) is 12.2. The third kappa shape index (κ3) is 8.62. The van der Waals surface area contributed by atoms with Crippen molar-refractivity contribution in [2.45, 2.75) is 55.2 Å². The Labute approximate surface area is 310 Å². The van der Waals surface area contributed by atoms with Gasteiger partial charge in [0.2, 0.25) is 5.82 Å². The molecular weight excluding hydrogens is 708 g/mol. The molecule has 1 aromatic heterocycles. The smallest absolute Gasteiger partial charge is 0.306 e. The minimum Gasteiger partial charge on any atom is -0.493 e. The number of H-pyrrole nitrogens is 1. The van der Waals surface area contributed by atoms with Gasteiger partial charge < -0.3 is 24.9 Å². The molecule has 0 fully saturated rings. The van der Waals surface area contributed by atoms with E-state index < -0.39 is 22.9 Å². The third-order valence-electron chi connectivity index (χ3n) is 8.73. The summed E-state index contributed by atoms with van der Waals surface area (Å²) in [6.07, 6.45) is 7.54. The van der Waals surface area contributed by atoms with E-state index in [-0.39, 0.29) is 35.1 Å². The SMILES string of the molecule is CCOC(=O)CCc1cccc2c1OCCC2(C)/C(N)=C/C=Nc1cc(Oc2c(F)c(F)c3[nH]ccc3c2SC)ccc1F.Cc1ccc(S)cc1. The minimum atomic E-state index is -1.15. The zero-order valence-corrected chi connectivity index (χ0v) is 31.0. The van der Waals surface area contributed by atoms with Gasteiger partial charge in [0.05, 0.1) is 23.6 Å². The van der Waals surface area contributed by atoms with Crippen LogP contribution in [0.15, 0.2) is 99.5 Å². The number of esters is 1. The van der Waals surface area contributed by atoms with Crippen LogP contribution >= 0.6 is 24.4 Å². The molecular formula is C40H40F3N3O4S2. The van der Waals surface area contributed by atoms with Gasteiger partial charge in [-0.15, -0.1) is 24.4 Å². The molecule has 1 aliphatic heterocycles. The number of carbonyl (C=O) groups is 1. The van der Waals surface area contributed by atoms with Gasteiger partial charge in [0.25, 0.3) is 0 Å². The van der Waals surface area contributed by atoms with E-state index in [0.29, 0.717) is 47.8 Å². The molecule has 6 rings (SSSR count). The highest BCUT2D eigenvalue weighted by Gasteiger charge is 2.36. The Morgan fingerprint density at radius 2 is 1.88 bits per heavy atom. The molecule has 0 amide bonds. The van der Waals surface area contributed by atoms with Crippen LogP contribution in [-0.4, -0.2) is 36.6 Å². The van der Waals surface area contributed by atoms with Crippen LogP contribution in [0.25, 0.3) is 10.9 Å². The van der Waals surface area contributed by atoms with E-state index in [9.17, 15) is 18.0 Å². The van der Waals surface area contributed by atoms with Crippen LogP contribution in [0.3, 0.4) is 0 Å². The van der Waals surface area contributed by atoms with Crippen molar-refractivity contribution in [3.63, 3.8) is 0 Å². The summed E-state index contributed by atoms with van der Waals surface area (Å²) in [5.41, 5.74) is 9.49. The fraction of sp³-hybridized carbons (Fsp3) is 0.250. The first-order valence-electron chi connectivity index (χ1n) is 16.6. The number of benzene rings is 4. The Morgan fingerprint density at radius 1 is 1.12 bits per heavy atom. The van der Waals surface area contributed by atoms with Gasteiger partial charge in [0.1, 0.15) is 23.0 Å². The van der Waals surface area contributed by atoms with Gasteiger partial charge in [0, 0.05) is 51.9 Å². The van der Waals surface area contributed by atoms with E-state index >= 15 is 0 Å². The summed E-state index contributed by atoms with van der Waals surface area (Å²) in [4.78, 5) is 20.3. The number of nitrogens with one attached hydrogen (secondary N) is 1. The lowest BCUT2D eigenvalue weighted by atomic mass is 9.74. The van der Waals surface area contributed by atoms with E-state index in [2.05, 4.69) is 29.5 Å². The topological polar surface area (TPSA) is 98.9 Å². The van der Waals surface area contributed by atoms with E-state index in [1.165, 1.54) is 41.9 Å². The normalized spacial score (nSPS) is 15.5. The van der Waals surface area contributed by atoms with Crippen molar-refractivity contribution in [3.05, 3.63) is 119 Å². The number of thiol groups is 1. The number of hydrogen-bond donors (Lipinski definition) is 3. The number of fused-ring (bicyclic) bond motifs is 2. The number of aryl methyl sites for hydroxylation is 2. The van der Waals surface area contributed by atoms with Crippen molar-refractivity contribution in [1.82, 2.24) is 4.98 Å². The van der Waals surface area contributed by atoms with E-state index in [1.54, 1.807) is 25.3 Å². The van der Waals surface area contributed by atoms with Crippen LogP contribution in [0.5, 0.6) is 17.2 Å². The van der Waals surface area contributed by atoms with Gasteiger partial charge in [0.15, 0.2) is 11.6 Å². The zero-order chi connectivity index (χ0) is 37.4. The molecule has 0 bridgehead atoms. The van der Waals surface area contributed by atoms with Crippen molar-refractivity contribution in [3.8, 4) is 17.2 Å². The van der Waals surface area contributed by atoms with E-state index in [1.807, 2.05) is 49.4 Å². The van der Waals surface area contributed by atoms with E-state index in [0.717, 1.165) is 22.1 Å². The number of carbonyl (C=O) groups excluding carboxylic acids is 1. The van der Waals surface area contributed by atoms with Crippen LogP contribution < -0.4 is 15.2 Å². The monoisotopic (exact) mass is 747 g/mol. The Morgan fingerprint density at radius 3 is 2.60 bits per heavy atom. The highest BCUT2D eigenvalue weighted by Crippen LogP contribution is 2.44.